The van der Waals surface area contributed by atoms with Gasteiger partial charge in [0.1, 0.15) is 0 Å². The van der Waals surface area contributed by atoms with Gasteiger partial charge in [-0.1, -0.05) is 11.6 Å². The number of carbonyl (C=O) groups is 2. The molecule has 1 atom stereocenters. The van der Waals surface area contributed by atoms with Crippen molar-refractivity contribution < 1.29 is 14.3 Å². The van der Waals surface area contributed by atoms with E-state index >= 15 is 0 Å². The number of piperidine rings is 1. The number of rotatable bonds is 6. The molecule has 0 bridgehead atoms. The van der Waals surface area contributed by atoms with E-state index in [2.05, 4.69) is 5.32 Å². The number of halogens is 1. The molecule has 1 aliphatic rings. The van der Waals surface area contributed by atoms with Crippen LogP contribution in [0.2, 0.25) is 5.02 Å². The second-order valence-electron chi connectivity index (χ2n) is 5.89. The molecule has 0 aromatic heterocycles. The molecule has 1 fully saturated rings. The molecule has 1 saturated heterocycles. The molecule has 0 saturated carbocycles. The number of nitrogens with zero attached hydrogens (tertiary/aromatic N) is 1. The average molecular weight is 354 g/mol. The van der Waals surface area contributed by atoms with Gasteiger partial charge in [-0.15, -0.1) is 0 Å². The molecule has 1 unspecified atom stereocenters. The van der Waals surface area contributed by atoms with Gasteiger partial charge in [0.25, 0.3) is 5.91 Å². The van der Waals surface area contributed by atoms with Crippen molar-refractivity contribution in [3.63, 3.8) is 0 Å². The summed E-state index contributed by atoms with van der Waals surface area (Å²) in [4.78, 5) is 26.7. The number of benzene rings is 1. The van der Waals surface area contributed by atoms with Crippen molar-refractivity contribution in [2.24, 2.45) is 5.73 Å². The van der Waals surface area contributed by atoms with Crippen molar-refractivity contribution in [2.75, 3.05) is 32.1 Å². The number of ether oxygens (including phenoxy) is 1. The number of methoxy groups -OCH3 is 1. The molecule has 24 heavy (non-hydrogen) atoms. The zero-order valence-electron chi connectivity index (χ0n) is 13.9. The van der Waals surface area contributed by atoms with Crippen LogP contribution in [-0.2, 0) is 9.53 Å². The maximum Gasteiger partial charge on any atom is 0.255 e. The number of hydrogen-bond acceptors (Lipinski definition) is 4. The summed E-state index contributed by atoms with van der Waals surface area (Å²) >= 11 is 6.03. The lowest BCUT2D eigenvalue weighted by Gasteiger charge is -2.27. The van der Waals surface area contributed by atoms with Crippen LogP contribution in [-0.4, -0.2) is 49.6 Å². The Labute approximate surface area is 147 Å². The van der Waals surface area contributed by atoms with Crippen molar-refractivity contribution in [2.45, 2.75) is 31.8 Å². The molecule has 3 N–H and O–H groups in total. The predicted octanol–water partition coefficient (Wildman–Crippen LogP) is 2.27. The topological polar surface area (TPSA) is 84.7 Å². The molecule has 2 amide bonds. The summed E-state index contributed by atoms with van der Waals surface area (Å²) in [6, 6.07) is 4.92. The second kappa shape index (κ2) is 9.01. The van der Waals surface area contributed by atoms with Crippen LogP contribution in [0.5, 0.6) is 0 Å². The fourth-order valence-electron chi connectivity index (χ4n) is 2.74. The summed E-state index contributed by atoms with van der Waals surface area (Å²) in [6.07, 6.45) is 2.92. The van der Waals surface area contributed by atoms with Crippen LogP contribution in [0, 0.1) is 0 Å². The largest absolute Gasteiger partial charge is 0.380 e. The van der Waals surface area contributed by atoms with Crippen molar-refractivity contribution in [1.29, 1.82) is 0 Å². The molecule has 132 valence electrons. The number of anilines is 1. The molecule has 1 heterocycles. The smallest absolute Gasteiger partial charge is 0.255 e. The minimum atomic E-state index is -0.356. The van der Waals surface area contributed by atoms with Crippen LogP contribution in [0.25, 0.3) is 0 Å². The molecular formula is C17H24ClN3O3. The first kappa shape index (κ1) is 18.7. The molecule has 0 radical (unpaired) electrons. The number of hydrogen-bond donors (Lipinski definition) is 2. The Morgan fingerprint density at radius 2 is 2.04 bits per heavy atom. The third-order valence-electron chi connectivity index (χ3n) is 4.14. The van der Waals surface area contributed by atoms with Crippen LogP contribution >= 0.6 is 11.6 Å². The van der Waals surface area contributed by atoms with Gasteiger partial charge in [-0.05, 0) is 37.5 Å². The Morgan fingerprint density at radius 1 is 1.33 bits per heavy atom. The summed E-state index contributed by atoms with van der Waals surface area (Å²) < 4.78 is 5.12. The summed E-state index contributed by atoms with van der Waals surface area (Å²) in [6.45, 7) is 1.74. The van der Waals surface area contributed by atoms with Gasteiger partial charge in [-0.25, -0.2) is 0 Å². The first-order valence-corrected chi connectivity index (χ1v) is 8.54. The fraction of sp³-hybridized carbons (Fsp3) is 0.529. The van der Waals surface area contributed by atoms with Crippen molar-refractivity contribution in [1.82, 2.24) is 4.90 Å². The molecule has 1 aromatic carbocycles. The van der Waals surface area contributed by atoms with Crippen LogP contribution in [0.4, 0.5) is 5.69 Å². The number of amides is 2. The van der Waals surface area contributed by atoms with Crippen molar-refractivity contribution in [3.05, 3.63) is 28.8 Å². The third kappa shape index (κ3) is 4.93. The van der Waals surface area contributed by atoms with E-state index in [-0.39, 0.29) is 30.9 Å². The van der Waals surface area contributed by atoms with E-state index in [1.54, 1.807) is 18.2 Å². The van der Waals surface area contributed by atoms with E-state index in [1.165, 1.54) is 7.11 Å². The van der Waals surface area contributed by atoms with Crippen LogP contribution < -0.4 is 11.1 Å². The highest BCUT2D eigenvalue weighted by Gasteiger charge is 2.22. The van der Waals surface area contributed by atoms with Gasteiger partial charge in [0.15, 0.2) is 0 Å². The highest BCUT2D eigenvalue weighted by molar-refractivity contribution is 6.31. The summed E-state index contributed by atoms with van der Waals surface area (Å²) in [5, 5.41) is 3.22. The molecule has 2 rings (SSSR count). The Bertz CT molecular complexity index is 584. The lowest BCUT2D eigenvalue weighted by Crippen LogP contribution is -2.36. The number of likely N-dealkylation sites (tertiary alicyclic amines) is 1. The highest BCUT2D eigenvalue weighted by Crippen LogP contribution is 2.24. The Balaban J connectivity index is 2.15. The van der Waals surface area contributed by atoms with Crippen molar-refractivity contribution in [3.8, 4) is 0 Å². The van der Waals surface area contributed by atoms with Gasteiger partial charge in [0, 0.05) is 31.8 Å². The van der Waals surface area contributed by atoms with Gasteiger partial charge < -0.3 is 20.7 Å². The quantitative estimate of drug-likeness (QED) is 0.821. The first-order chi connectivity index (χ1) is 11.5. The van der Waals surface area contributed by atoms with Crippen LogP contribution in [0.15, 0.2) is 18.2 Å². The molecule has 0 aliphatic carbocycles. The van der Waals surface area contributed by atoms with Gasteiger partial charge in [0.05, 0.1) is 23.8 Å². The molecule has 6 nitrogen and oxygen atoms in total. The van der Waals surface area contributed by atoms with Gasteiger partial charge >= 0.3 is 0 Å². The van der Waals surface area contributed by atoms with Gasteiger partial charge in [-0.3, -0.25) is 9.59 Å². The van der Waals surface area contributed by atoms with Crippen LogP contribution in [0.1, 0.15) is 36.0 Å². The number of carbonyl (C=O) groups excluding carboxylic acids is 2. The Hall–Kier alpha value is -1.63. The molecule has 1 aromatic rings. The van der Waals surface area contributed by atoms with E-state index < -0.39 is 0 Å². The minimum absolute atomic E-state index is 0.0798. The SMILES string of the molecule is COC(CN)CC(=O)Nc1cc(Cl)ccc1C(=O)N1CCCCC1. The van der Waals surface area contributed by atoms with Crippen molar-refractivity contribution >= 4 is 29.1 Å². The van der Waals surface area contributed by atoms with Gasteiger partial charge in [-0.2, -0.15) is 0 Å². The molecule has 7 heteroatoms. The molecular weight excluding hydrogens is 330 g/mol. The molecule has 1 aliphatic heterocycles. The maximum atomic E-state index is 12.7. The lowest BCUT2D eigenvalue weighted by molar-refractivity contribution is -0.118. The second-order valence-corrected chi connectivity index (χ2v) is 6.32. The Kier molecular flexibility index (Phi) is 7.02. The van der Waals surface area contributed by atoms with E-state index in [0.717, 1.165) is 32.4 Å². The van der Waals surface area contributed by atoms with Crippen LogP contribution in [0.3, 0.4) is 0 Å². The number of nitrogens with two attached hydrogens (primary N) is 1. The summed E-state index contributed by atoms with van der Waals surface area (Å²) in [5.41, 5.74) is 6.42. The predicted molar refractivity (Wildman–Crippen MR) is 94.3 cm³/mol. The zero-order valence-corrected chi connectivity index (χ0v) is 14.6. The summed E-state index contributed by atoms with van der Waals surface area (Å²) in [5.74, 6) is -0.342. The minimum Gasteiger partial charge on any atom is -0.380 e. The standard InChI is InChI=1S/C17H24ClN3O3/c1-24-13(11-19)10-16(22)20-15-9-12(18)5-6-14(15)17(23)21-7-3-2-4-8-21/h5-6,9,13H,2-4,7-8,10-11,19H2,1H3,(H,20,22). The summed E-state index contributed by atoms with van der Waals surface area (Å²) in [7, 11) is 1.51. The first-order valence-electron chi connectivity index (χ1n) is 8.16. The van der Waals surface area contributed by atoms with E-state index in [0.29, 0.717) is 16.3 Å². The Morgan fingerprint density at radius 3 is 2.67 bits per heavy atom. The average Bonchev–Trinajstić information content (AvgIpc) is 2.60. The normalized spacial score (nSPS) is 15.9. The highest BCUT2D eigenvalue weighted by atomic mass is 35.5. The fourth-order valence-corrected chi connectivity index (χ4v) is 2.92. The third-order valence-corrected chi connectivity index (χ3v) is 4.37. The maximum absolute atomic E-state index is 12.7. The monoisotopic (exact) mass is 353 g/mol. The zero-order chi connectivity index (χ0) is 17.5. The van der Waals surface area contributed by atoms with E-state index in [1.807, 2.05) is 4.90 Å². The molecule has 0 spiro atoms. The lowest BCUT2D eigenvalue weighted by atomic mass is 10.1. The van der Waals surface area contributed by atoms with E-state index in [9.17, 15) is 9.59 Å². The van der Waals surface area contributed by atoms with E-state index in [4.69, 9.17) is 22.1 Å². The number of nitrogens with one attached hydrogen (secondary N) is 1. The van der Waals surface area contributed by atoms with Gasteiger partial charge in [0.2, 0.25) is 5.91 Å².